The zero-order valence-corrected chi connectivity index (χ0v) is 17.3. The number of nitrogens with zero attached hydrogens (tertiary/aromatic N) is 3. The molecule has 2 aromatic carbocycles. The molecule has 30 heavy (non-hydrogen) atoms. The monoisotopic (exact) mass is 418 g/mol. The van der Waals surface area contributed by atoms with E-state index in [1.165, 1.54) is 7.11 Å². The number of hydrogen-bond acceptors (Lipinski definition) is 4. The fraction of sp³-hybridized carbons (Fsp3) is 0.174. The third-order valence-corrected chi connectivity index (χ3v) is 5.08. The van der Waals surface area contributed by atoms with Crippen LogP contribution >= 0.6 is 11.6 Å². The Hall–Kier alpha value is -3.74. The third kappa shape index (κ3) is 4.30. The molecule has 1 aromatic heterocycles. The first kappa shape index (κ1) is 21.0. The van der Waals surface area contributed by atoms with E-state index in [-0.39, 0.29) is 5.57 Å². The molecular formula is C23H19ClN4O2. The lowest BCUT2D eigenvalue weighted by atomic mass is 10.1. The minimum atomic E-state index is -0.550. The Morgan fingerprint density at radius 3 is 2.77 bits per heavy atom. The molecule has 6 nitrogen and oxygen atoms in total. The summed E-state index contributed by atoms with van der Waals surface area (Å²) in [6, 6.07) is 15.1. The Balaban J connectivity index is 1.97. The van der Waals surface area contributed by atoms with Crippen LogP contribution in [0.5, 0.6) is 5.75 Å². The molecule has 3 rings (SSSR count). The van der Waals surface area contributed by atoms with Gasteiger partial charge in [0.05, 0.1) is 25.3 Å². The zero-order valence-electron chi connectivity index (χ0n) is 16.6. The van der Waals surface area contributed by atoms with Gasteiger partial charge in [-0.25, -0.2) is 0 Å². The van der Waals surface area contributed by atoms with Crippen molar-refractivity contribution in [1.82, 2.24) is 4.57 Å². The van der Waals surface area contributed by atoms with Gasteiger partial charge in [-0.3, -0.25) is 4.79 Å². The van der Waals surface area contributed by atoms with Crippen molar-refractivity contribution in [3.05, 3.63) is 64.3 Å². The minimum Gasteiger partial charge on any atom is -0.495 e. The highest BCUT2D eigenvalue weighted by Gasteiger charge is 2.15. The van der Waals surface area contributed by atoms with Crippen molar-refractivity contribution in [2.24, 2.45) is 0 Å². The zero-order chi connectivity index (χ0) is 21.7. The molecule has 0 fully saturated rings. The molecular weight excluding hydrogens is 400 g/mol. The second kappa shape index (κ2) is 9.17. The number of nitriles is 2. The first-order valence-electron chi connectivity index (χ1n) is 9.20. The topological polar surface area (TPSA) is 90.8 Å². The molecule has 1 heterocycles. The maximum absolute atomic E-state index is 12.8. The smallest absolute Gasteiger partial charge is 0.266 e. The van der Waals surface area contributed by atoms with E-state index in [1.807, 2.05) is 48.0 Å². The molecule has 0 saturated heterocycles. The molecule has 0 atom stereocenters. The fourth-order valence-corrected chi connectivity index (χ4v) is 3.32. The molecule has 0 aliphatic rings. The van der Waals surface area contributed by atoms with E-state index < -0.39 is 5.91 Å². The van der Waals surface area contributed by atoms with E-state index >= 15 is 0 Å². The number of benzene rings is 2. The number of rotatable bonds is 6. The maximum atomic E-state index is 12.8. The normalized spacial score (nSPS) is 11.0. The Bertz CT molecular complexity index is 1230. The summed E-state index contributed by atoms with van der Waals surface area (Å²) in [6.07, 6.45) is 3.76. The van der Waals surface area contributed by atoms with Crippen LogP contribution in [-0.2, 0) is 11.3 Å². The number of aromatic nitrogens is 1. The molecule has 0 unspecified atom stereocenters. The lowest BCUT2D eigenvalue weighted by Crippen LogP contribution is -2.14. The van der Waals surface area contributed by atoms with Gasteiger partial charge in [0.2, 0.25) is 0 Å². The van der Waals surface area contributed by atoms with Gasteiger partial charge in [0.1, 0.15) is 17.4 Å². The predicted molar refractivity (Wildman–Crippen MR) is 117 cm³/mol. The molecule has 0 aliphatic carbocycles. The number of halogens is 1. The number of carbonyl (C=O) groups excluding carboxylic acids is 1. The van der Waals surface area contributed by atoms with E-state index in [4.69, 9.17) is 21.6 Å². The lowest BCUT2D eigenvalue weighted by molar-refractivity contribution is -0.112. The highest BCUT2D eigenvalue weighted by molar-refractivity contribution is 6.31. The van der Waals surface area contributed by atoms with Crippen molar-refractivity contribution >= 4 is 40.2 Å². The van der Waals surface area contributed by atoms with Gasteiger partial charge in [-0.05, 0) is 30.7 Å². The number of methoxy groups -OCH3 is 1. The van der Waals surface area contributed by atoms with Crippen molar-refractivity contribution in [1.29, 1.82) is 10.5 Å². The van der Waals surface area contributed by atoms with Crippen molar-refractivity contribution in [3.63, 3.8) is 0 Å². The third-order valence-electron chi connectivity index (χ3n) is 4.68. The minimum absolute atomic E-state index is 0.0483. The van der Waals surface area contributed by atoms with Crippen LogP contribution in [0.3, 0.4) is 0 Å². The summed E-state index contributed by atoms with van der Waals surface area (Å²) < 4.78 is 7.23. The molecule has 1 N–H and O–H groups in total. The fourth-order valence-electron chi connectivity index (χ4n) is 3.17. The van der Waals surface area contributed by atoms with Crippen LogP contribution in [0.25, 0.3) is 17.0 Å². The number of nitrogens with one attached hydrogen (secondary N) is 1. The van der Waals surface area contributed by atoms with Gasteiger partial charge in [-0.15, -0.1) is 0 Å². The summed E-state index contributed by atoms with van der Waals surface area (Å²) in [5, 5.41) is 22.6. The van der Waals surface area contributed by atoms with E-state index in [0.29, 0.717) is 29.4 Å². The van der Waals surface area contributed by atoms with E-state index in [2.05, 4.69) is 11.4 Å². The van der Waals surface area contributed by atoms with E-state index in [0.717, 1.165) is 22.0 Å². The van der Waals surface area contributed by atoms with Crippen LogP contribution in [-0.4, -0.2) is 17.6 Å². The van der Waals surface area contributed by atoms with Gasteiger partial charge in [-0.2, -0.15) is 10.5 Å². The number of amides is 1. The summed E-state index contributed by atoms with van der Waals surface area (Å²) in [4.78, 5) is 12.8. The SMILES string of the molecule is COc1cc(Cl)c(C)cc1NC(=O)/C(C#N)=C/c1cn(CCC#N)c2ccccc12. The Kier molecular flexibility index (Phi) is 6.41. The Labute approximate surface area is 179 Å². The summed E-state index contributed by atoms with van der Waals surface area (Å²) in [7, 11) is 1.48. The number of hydrogen-bond donors (Lipinski definition) is 1. The summed E-state index contributed by atoms with van der Waals surface area (Å²) in [5.74, 6) is -0.143. The molecule has 0 bridgehead atoms. The molecule has 0 radical (unpaired) electrons. The lowest BCUT2D eigenvalue weighted by Gasteiger charge is -2.12. The average molecular weight is 419 g/mol. The number of ether oxygens (including phenoxy) is 1. The molecule has 3 aromatic rings. The van der Waals surface area contributed by atoms with Gasteiger partial charge in [0, 0.05) is 40.3 Å². The van der Waals surface area contributed by atoms with Gasteiger partial charge in [-0.1, -0.05) is 29.8 Å². The van der Waals surface area contributed by atoms with Crippen molar-refractivity contribution in [3.8, 4) is 17.9 Å². The average Bonchev–Trinajstić information content (AvgIpc) is 3.10. The van der Waals surface area contributed by atoms with Gasteiger partial charge >= 0.3 is 0 Å². The van der Waals surface area contributed by atoms with Gasteiger partial charge < -0.3 is 14.6 Å². The number of carbonyl (C=O) groups is 1. The molecule has 1 amide bonds. The standard InChI is InChI=1S/C23H19ClN4O2/c1-15-10-20(22(30-2)12-19(15)24)27-23(29)16(13-26)11-17-14-28(9-5-8-25)21-7-4-3-6-18(17)21/h3-4,6-7,10-12,14H,5,9H2,1-2H3,(H,27,29)/b16-11+. The number of fused-ring (bicyclic) bond motifs is 1. The molecule has 150 valence electrons. The first-order chi connectivity index (χ1) is 14.5. The van der Waals surface area contributed by atoms with E-state index in [9.17, 15) is 10.1 Å². The highest BCUT2D eigenvalue weighted by Crippen LogP contribution is 2.31. The Morgan fingerprint density at radius 1 is 1.30 bits per heavy atom. The van der Waals surface area contributed by atoms with Crippen molar-refractivity contribution in [2.75, 3.05) is 12.4 Å². The number of para-hydroxylation sites is 1. The number of anilines is 1. The molecule has 7 heteroatoms. The Morgan fingerprint density at radius 2 is 2.07 bits per heavy atom. The first-order valence-corrected chi connectivity index (χ1v) is 9.58. The van der Waals surface area contributed by atoms with E-state index in [1.54, 1.807) is 18.2 Å². The second-order valence-corrected chi connectivity index (χ2v) is 7.04. The van der Waals surface area contributed by atoms with Crippen LogP contribution in [0.2, 0.25) is 5.02 Å². The number of aryl methyl sites for hydroxylation is 2. The maximum Gasteiger partial charge on any atom is 0.266 e. The molecule has 0 spiro atoms. The van der Waals surface area contributed by atoms with Crippen molar-refractivity contribution < 1.29 is 9.53 Å². The summed E-state index contributed by atoms with van der Waals surface area (Å²) >= 11 is 6.11. The van der Waals surface area contributed by atoms with Crippen LogP contribution in [0.1, 0.15) is 17.5 Å². The van der Waals surface area contributed by atoms with Crippen LogP contribution in [0.4, 0.5) is 5.69 Å². The van der Waals surface area contributed by atoms with Crippen LogP contribution in [0.15, 0.2) is 48.2 Å². The quantitative estimate of drug-likeness (QED) is 0.446. The summed E-state index contributed by atoms with van der Waals surface area (Å²) in [6.45, 7) is 2.34. The van der Waals surface area contributed by atoms with Crippen LogP contribution in [0, 0.1) is 29.6 Å². The van der Waals surface area contributed by atoms with Crippen LogP contribution < -0.4 is 10.1 Å². The summed E-state index contributed by atoms with van der Waals surface area (Å²) in [5.41, 5.74) is 2.83. The van der Waals surface area contributed by atoms with Gasteiger partial charge in [0.15, 0.2) is 0 Å². The molecule has 0 aliphatic heterocycles. The largest absolute Gasteiger partial charge is 0.495 e. The second-order valence-electron chi connectivity index (χ2n) is 6.63. The van der Waals surface area contributed by atoms with Gasteiger partial charge in [0.25, 0.3) is 5.91 Å². The highest BCUT2D eigenvalue weighted by atomic mass is 35.5. The van der Waals surface area contributed by atoms with Crippen molar-refractivity contribution in [2.45, 2.75) is 19.9 Å². The molecule has 0 saturated carbocycles. The predicted octanol–water partition coefficient (Wildman–Crippen LogP) is 5.07.